The molecule has 4 heteroatoms. The smallest absolute Gasteiger partial charge is 0.0595 e. The molecule has 0 radical (unpaired) electrons. The molecular formula is C17H29N3O. The molecule has 1 aliphatic rings. The number of nitrogens with zero attached hydrogens (tertiary/aromatic N) is 2. The first-order chi connectivity index (χ1) is 10.2. The molecule has 0 aliphatic carbocycles. The first-order valence-electron chi connectivity index (χ1n) is 8.09. The molecule has 1 saturated heterocycles. The molecule has 4 nitrogen and oxygen atoms in total. The molecule has 0 aromatic carbocycles. The molecule has 2 rings (SSSR count). The SMILES string of the molecule is CC(C)CNCc1ccncc1N(C)CC1CCCOC1. The highest BCUT2D eigenvalue weighted by atomic mass is 16.5. The first-order valence-corrected chi connectivity index (χ1v) is 8.09. The summed E-state index contributed by atoms with van der Waals surface area (Å²) in [6, 6.07) is 2.12. The van der Waals surface area contributed by atoms with E-state index in [0.29, 0.717) is 11.8 Å². The highest BCUT2D eigenvalue weighted by Gasteiger charge is 2.17. The number of rotatable bonds is 7. The molecule has 2 heterocycles. The average Bonchev–Trinajstić information content (AvgIpc) is 2.48. The van der Waals surface area contributed by atoms with Gasteiger partial charge in [0.05, 0.1) is 18.5 Å². The van der Waals surface area contributed by atoms with Gasteiger partial charge in [0.25, 0.3) is 0 Å². The Morgan fingerprint density at radius 1 is 1.48 bits per heavy atom. The summed E-state index contributed by atoms with van der Waals surface area (Å²) < 4.78 is 5.59. The molecule has 1 fully saturated rings. The summed E-state index contributed by atoms with van der Waals surface area (Å²) in [7, 11) is 2.16. The van der Waals surface area contributed by atoms with Crippen molar-refractivity contribution in [3.8, 4) is 0 Å². The number of anilines is 1. The highest BCUT2D eigenvalue weighted by Crippen LogP contribution is 2.21. The molecule has 1 aromatic rings. The van der Waals surface area contributed by atoms with E-state index in [0.717, 1.165) is 32.8 Å². The summed E-state index contributed by atoms with van der Waals surface area (Å²) in [5, 5.41) is 3.52. The number of ether oxygens (including phenoxy) is 1. The van der Waals surface area contributed by atoms with Gasteiger partial charge in [0.15, 0.2) is 0 Å². The lowest BCUT2D eigenvalue weighted by molar-refractivity contribution is 0.0576. The summed E-state index contributed by atoms with van der Waals surface area (Å²) in [5.41, 5.74) is 2.56. The van der Waals surface area contributed by atoms with E-state index in [-0.39, 0.29) is 0 Å². The maximum Gasteiger partial charge on any atom is 0.0595 e. The lowest BCUT2D eigenvalue weighted by Gasteiger charge is -2.29. The van der Waals surface area contributed by atoms with Crippen molar-refractivity contribution in [2.24, 2.45) is 11.8 Å². The van der Waals surface area contributed by atoms with E-state index in [9.17, 15) is 0 Å². The number of pyridine rings is 1. The second-order valence-corrected chi connectivity index (χ2v) is 6.49. The summed E-state index contributed by atoms with van der Waals surface area (Å²) in [5.74, 6) is 1.31. The summed E-state index contributed by atoms with van der Waals surface area (Å²) in [6.45, 7) is 9.28. The minimum Gasteiger partial charge on any atom is -0.381 e. The van der Waals surface area contributed by atoms with E-state index in [1.165, 1.54) is 24.1 Å². The lowest BCUT2D eigenvalue weighted by Crippen LogP contribution is -2.32. The summed E-state index contributed by atoms with van der Waals surface area (Å²) in [6.07, 6.45) is 6.32. The van der Waals surface area contributed by atoms with Gasteiger partial charge in [-0.1, -0.05) is 13.8 Å². The van der Waals surface area contributed by atoms with Gasteiger partial charge in [-0.2, -0.15) is 0 Å². The van der Waals surface area contributed by atoms with E-state index in [2.05, 4.69) is 42.2 Å². The van der Waals surface area contributed by atoms with E-state index >= 15 is 0 Å². The van der Waals surface area contributed by atoms with Crippen molar-refractivity contribution < 1.29 is 4.74 Å². The van der Waals surface area contributed by atoms with Crippen LogP contribution < -0.4 is 10.2 Å². The normalized spacial score (nSPS) is 19.0. The maximum atomic E-state index is 5.59. The largest absolute Gasteiger partial charge is 0.381 e. The second kappa shape index (κ2) is 8.35. The molecule has 21 heavy (non-hydrogen) atoms. The fourth-order valence-corrected chi connectivity index (χ4v) is 2.84. The van der Waals surface area contributed by atoms with Crippen LogP contribution >= 0.6 is 0 Å². The Hall–Kier alpha value is -1.13. The van der Waals surface area contributed by atoms with Gasteiger partial charge >= 0.3 is 0 Å². The Bertz CT molecular complexity index is 416. The van der Waals surface area contributed by atoms with Crippen molar-refractivity contribution in [3.63, 3.8) is 0 Å². The van der Waals surface area contributed by atoms with Crippen LogP contribution in [0.15, 0.2) is 18.5 Å². The van der Waals surface area contributed by atoms with Crippen molar-refractivity contribution in [3.05, 3.63) is 24.0 Å². The zero-order valence-electron chi connectivity index (χ0n) is 13.6. The zero-order chi connectivity index (χ0) is 15.1. The summed E-state index contributed by atoms with van der Waals surface area (Å²) >= 11 is 0. The Labute approximate surface area is 128 Å². The van der Waals surface area contributed by atoms with Gasteiger partial charge in [0, 0.05) is 32.9 Å². The fourth-order valence-electron chi connectivity index (χ4n) is 2.84. The molecule has 1 N–H and O–H groups in total. The average molecular weight is 291 g/mol. The fraction of sp³-hybridized carbons (Fsp3) is 0.706. The van der Waals surface area contributed by atoms with Crippen LogP contribution in [0.1, 0.15) is 32.3 Å². The monoisotopic (exact) mass is 291 g/mol. The topological polar surface area (TPSA) is 37.4 Å². The number of hydrogen-bond donors (Lipinski definition) is 1. The van der Waals surface area contributed by atoms with E-state index in [4.69, 9.17) is 4.74 Å². The predicted molar refractivity (Wildman–Crippen MR) is 87.6 cm³/mol. The Kier molecular flexibility index (Phi) is 6.46. The zero-order valence-corrected chi connectivity index (χ0v) is 13.6. The molecule has 0 bridgehead atoms. The molecule has 0 amide bonds. The standard InChI is InChI=1S/C17H29N3O/c1-14(2)9-19-10-16-6-7-18-11-17(16)20(3)12-15-5-4-8-21-13-15/h6-7,11,14-15,19H,4-5,8-10,12-13H2,1-3H3. The number of nitrogens with one attached hydrogen (secondary N) is 1. The van der Waals surface area contributed by atoms with Crippen LogP contribution in [0.3, 0.4) is 0 Å². The molecule has 0 saturated carbocycles. The van der Waals surface area contributed by atoms with Gasteiger partial charge in [-0.05, 0) is 42.9 Å². The maximum absolute atomic E-state index is 5.59. The summed E-state index contributed by atoms with van der Waals surface area (Å²) in [4.78, 5) is 6.63. The second-order valence-electron chi connectivity index (χ2n) is 6.49. The quantitative estimate of drug-likeness (QED) is 0.838. The van der Waals surface area contributed by atoms with Crippen LogP contribution in [0, 0.1) is 11.8 Å². The minimum atomic E-state index is 0.639. The van der Waals surface area contributed by atoms with Gasteiger partial charge in [0.2, 0.25) is 0 Å². The molecule has 0 spiro atoms. The molecule has 118 valence electrons. The third-order valence-corrected chi connectivity index (χ3v) is 3.95. The van der Waals surface area contributed by atoms with Crippen molar-refractivity contribution in [1.82, 2.24) is 10.3 Å². The number of aromatic nitrogens is 1. The third kappa shape index (κ3) is 5.29. The first kappa shape index (κ1) is 16.2. The highest BCUT2D eigenvalue weighted by molar-refractivity contribution is 5.51. The van der Waals surface area contributed by atoms with Gasteiger partial charge in [0.1, 0.15) is 0 Å². The molecular weight excluding hydrogens is 262 g/mol. The number of hydrogen-bond acceptors (Lipinski definition) is 4. The van der Waals surface area contributed by atoms with Crippen LogP contribution in [0.25, 0.3) is 0 Å². The van der Waals surface area contributed by atoms with Gasteiger partial charge in [-0.3, -0.25) is 4.98 Å². The van der Waals surface area contributed by atoms with Crippen molar-refractivity contribution in [2.45, 2.75) is 33.2 Å². The Morgan fingerprint density at radius 3 is 3.05 bits per heavy atom. The van der Waals surface area contributed by atoms with Gasteiger partial charge < -0.3 is 15.0 Å². The van der Waals surface area contributed by atoms with E-state index in [1.807, 2.05) is 12.4 Å². The van der Waals surface area contributed by atoms with E-state index in [1.54, 1.807) is 0 Å². The van der Waals surface area contributed by atoms with Gasteiger partial charge in [-0.15, -0.1) is 0 Å². The van der Waals surface area contributed by atoms with Crippen LogP contribution in [-0.4, -0.2) is 38.3 Å². The molecule has 1 atom stereocenters. The van der Waals surface area contributed by atoms with Crippen LogP contribution in [0.5, 0.6) is 0 Å². The van der Waals surface area contributed by atoms with Crippen molar-refractivity contribution in [2.75, 3.05) is 38.3 Å². The van der Waals surface area contributed by atoms with Crippen molar-refractivity contribution >= 4 is 5.69 Å². The van der Waals surface area contributed by atoms with Crippen LogP contribution in [-0.2, 0) is 11.3 Å². The Morgan fingerprint density at radius 2 is 2.33 bits per heavy atom. The third-order valence-electron chi connectivity index (χ3n) is 3.95. The van der Waals surface area contributed by atoms with Crippen LogP contribution in [0.2, 0.25) is 0 Å². The lowest BCUT2D eigenvalue weighted by atomic mass is 10.0. The Balaban J connectivity index is 1.93. The molecule has 1 aromatic heterocycles. The predicted octanol–water partition coefficient (Wildman–Crippen LogP) is 2.69. The van der Waals surface area contributed by atoms with Crippen molar-refractivity contribution in [1.29, 1.82) is 0 Å². The van der Waals surface area contributed by atoms with Crippen LogP contribution in [0.4, 0.5) is 5.69 Å². The molecule has 1 aliphatic heterocycles. The minimum absolute atomic E-state index is 0.639. The van der Waals surface area contributed by atoms with Gasteiger partial charge in [-0.25, -0.2) is 0 Å². The van der Waals surface area contributed by atoms with E-state index < -0.39 is 0 Å². The molecule has 1 unspecified atom stereocenters.